The molecule has 1 aromatic heterocycles. The van der Waals surface area contributed by atoms with Crippen LogP contribution in [-0.2, 0) is 0 Å². The van der Waals surface area contributed by atoms with Crippen LogP contribution < -0.4 is 18.9 Å². The van der Waals surface area contributed by atoms with Crippen LogP contribution in [0.1, 0.15) is 10.1 Å². The van der Waals surface area contributed by atoms with Crippen molar-refractivity contribution in [2.75, 3.05) is 28.4 Å². The van der Waals surface area contributed by atoms with Gasteiger partial charge in [0, 0.05) is 0 Å². The van der Waals surface area contributed by atoms with Crippen molar-refractivity contribution in [1.29, 1.82) is 5.26 Å². The molecule has 0 saturated heterocycles. The van der Waals surface area contributed by atoms with Gasteiger partial charge < -0.3 is 0 Å². The summed E-state index contributed by atoms with van der Waals surface area (Å²) in [5, 5.41) is 9.36. The molecule has 148 valence electrons. The van der Waals surface area contributed by atoms with Gasteiger partial charge in [0.15, 0.2) is 0 Å². The van der Waals surface area contributed by atoms with E-state index in [4.69, 9.17) is 23.9 Å². The Hall–Kier alpha value is -3.20. The Morgan fingerprint density at radius 2 is 1.62 bits per heavy atom. The van der Waals surface area contributed by atoms with E-state index in [0.717, 1.165) is 32.7 Å². The molecule has 0 aliphatic heterocycles. The number of aromatic nitrogens is 1. The number of allylic oxidation sites excluding steroid dienone is 1. The van der Waals surface area contributed by atoms with Gasteiger partial charge in [-0.15, -0.1) is 0 Å². The summed E-state index contributed by atoms with van der Waals surface area (Å²) in [6, 6.07) is 13.5. The number of nitriles is 1. The molecule has 3 aromatic rings. The summed E-state index contributed by atoms with van der Waals surface area (Å²) in [7, 11) is 6.32. The molecule has 3 rings (SSSR count). The molecule has 2 aromatic carbocycles. The van der Waals surface area contributed by atoms with Crippen LogP contribution in [0.4, 0.5) is 0 Å². The van der Waals surface area contributed by atoms with Gasteiger partial charge in [-0.3, -0.25) is 0 Å². The monoisotopic (exact) mass is 456 g/mol. The molecule has 0 radical (unpaired) electrons. The Bertz CT molecular complexity index is 1040. The fraction of sp³-hybridized carbons (Fsp3) is 0.182. The van der Waals surface area contributed by atoms with Crippen LogP contribution in [-0.4, -0.2) is 47.9 Å². The number of nitrogens with zero attached hydrogens (tertiary/aromatic N) is 2. The first-order chi connectivity index (χ1) is 14.1. The molecule has 0 bridgehead atoms. The van der Waals surface area contributed by atoms with E-state index in [1.807, 2.05) is 36.4 Å². The number of methoxy groups -OCH3 is 4. The molecule has 7 heteroatoms. The molecule has 0 N–H and O–H groups in total. The van der Waals surface area contributed by atoms with E-state index in [1.165, 1.54) is 6.08 Å². The fourth-order valence-electron chi connectivity index (χ4n) is 2.86. The third-order valence-electron chi connectivity index (χ3n) is 4.30. The topological polar surface area (TPSA) is 73.6 Å². The van der Waals surface area contributed by atoms with Gasteiger partial charge >= 0.3 is 176 Å². The van der Waals surface area contributed by atoms with Gasteiger partial charge in [-0.2, -0.15) is 0 Å². The van der Waals surface area contributed by atoms with Crippen molar-refractivity contribution in [3.63, 3.8) is 0 Å². The molecular formula is C22H20N2O4Se. The SMILES string of the molecule is COc1ccc(-c2c[se]c(C(=CC#N)c3cc(OC)c(OC)c(OC)c3)n2)cc1. The van der Waals surface area contributed by atoms with Crippen molar-refractivity contribution in [1.82, 2.24) is 4.98 Å². The van der Waals surface area contributed by atoms with Crippen LogP contribution in [0.5, 0.6) is 23.0 Å². The zero-order valence-corrected chi connectivity index (χ0v) is 18.3. The van der Waals surface area contributed by atoms with E-state index in [1.54, 1.807) is 28.4 Å². The van der Waals surface area contributed by atoms with E-state index >= 15 is 0 Å². The van der Waals surface area contributed by atoms with Crippen LogP contribution in [0.3, 0.4) is 0 Å². The summed E-state index contributed by atoms with van der Waals surface area (Å²) in [5.41, 5.74) is 3.42. The summed E-state index contributed by atoms with van der Waals surface area (Å²) in [6.07, 6.45) is 1.51. The minimum absolute atomic E-state index is 0.0155. The average molecular weight is 455 g/mol. The van der Waals surface area contributed by atoms with E-state index in [9.17, 15) is 5.26 Å². The van der Waals surface area contributed by atoms with Crippen LogP contribution in [0.15, 0.2) is 47.4 Å². The third kappa shape index (κ3) is 4.29. The Morgan fingerprint density at radius 1 is 0.966 bits per heavy atom. The van der Waals surface area contributed by atoms with E-state index in [-0.39, 0.29) is 14.5 Å². The second kappa shape index (κ2) is 9.33. The third-order valence-corrected chi connectivity index (χ3v) is 6.14. The van der Waals surface area contributed by atoms with Crippen molar-refractivity contribution in [2.45, 2.75) is 0 Å². The quantitative estimate of drug-likeness (QED) is 0.399. The first-order valence-electron chi connectivity index (χ1n) is 8.65. The second-order valence-corrected chi connectivity index (χ2v) is 7.67. The first-order valence-corrected chi connectivity index (χ1v) is 10.5. The number of rotatable bonds is 7. The molecule has 0 unspecified atom stereocenters. The first kappa shape index (κ1) is 20.5. The molecular weight excluding hydrogens is 435 g/mol. The Kier molecular flexibility index (Phi) is 6.61. The van der Waals surface area contributed by atoms with Crippen molar-refractivity contribution < 1.29 is 18.9 Å². The van der Waals surface area contributed by atoms with Crippen molar-refractivity contribution in [2.24, 2.45) is 0 Å². The van der Waals surface area contributed by atoms with E-state index < -0.39 is 0 Å². The number of benzene rings is 2. The Labute approximate surface area is 175 Å². The van der Waals surface area contributed by atoms with E-state index in [2.05, 4.69) is 11.0 Å². The summed E-state index contributed by atoms with van der Waals surface area (Å²) in [5.74, 6) is 2.36. The second-order valence-electron chi connectivity index (χ2n) is 5.87. The van der Waals surface area contributed by atoms with Crippen LogP contribution in [0.2, 0.25) is 0 Å². The van der Waals surface area contributed by atoms with Crippen LogP contribution in [0.25, 0.3) is 16.8 Å². The number of ether oxygens (including phenoxy) is 4. The van der Waals surface area contributed by atoms with Gasteiger partial charge in [-0.05, 0) is 0 Å². The maximum atomic E-state index is 9.36. The Balaban J connectivity index is 2.05. The molecule has 1 heterocycles. The molecule has 0 amide bonds. The number of hydrogen-bond donors (Lipinski definition) is 0. The van der Waals surface area contributed by atoms with Crippen molar-refractivity contribution in [3.8, 4) is 40.3 Å². The van der Waals surface area contributed by atoms with Gasteiger partial charge in [-0.25, -0.2) is 0 Å². The zero-order valence-electron chi connectivity index (χ0n) is 16.6. The summed E-state index contributed by atoms with van der Waals surface area (Å²) in [6.45, 7) is 0. The van der Waals surface area contributed by atoms with Gasteiger partial charge in [0.1, 0.15) is 0 Å². The van der Waals surface area contributed by atoms with Crippen LogP contribution in [0, 0.1) is 11.3 Å². The zero-order chi connectivity index (χ0) is 20.8. The predicted octanol–water partition coefficient (Wildman–Crippen LogP) is 3.80. The summed E-state index contributed by atoms with van der Waals surface area (Å²) >= 11 is -0.0155. The maximum absolute atomic E-state index is 9.36. The summed E-state index contributed by atoms with van der Waals surface area (Å²) in [4.78, 5) is 6.90. The van der Waals surface area contributed by atoms with Gasteiger partial charge in [-0.1, -0.05) is 0 Å². The molecule has 0 atom stereocenters. The molecule has 0 spiro atoms. The Morgan fingerprint density at radius 3 is 2.14 bits per heavy atom. The molecule has 0 saturated carbocycles. The molecule has 6 nitrogen and oxygen atoms in total. The molecule has 29 heavy (non-hydrogen) atoms. The average Bonchev–Trinajstić information content (AvgIpc) is 3.26. The van der Waals surface area contributed by atoms with E-state index in [0.29, 0.717) is 17.2 Å². The van der Waals surface area contributed by atoms with Gasteiger partial charge in [0.05, 0.1) is 0 Å². The normalized spacial score (nSPS) is 10.9. The van der Waals surface area contributed by atoms with Crippen molar-refractivity contribution in [3.05, 3.63) is 57.5 Å². The molecule has 0 fully saturated rings. The predicted molar refractivity (Wildman–Crippen MR) is 112 cm³/mol. The fourth-order valence-corrected chi connectivity index (χ4v) is 4.68. The van der Waals surface area contributed by atoms with Gasteiger partial charge in [0.2, 0.25) is 0 Å². The number of hydrogen-bond acceptors (Lipinski definition) is 6. The van der Waals surface area contributed by atoms with Crippen molar-refractivity contribution >= 4 is 20.1 Å². The minimum atomic E-state index is -0.0155. The van der Waals surface area contributed by atoms with Crippen LogP contribution >= 0.6 is 0 Å². The standard InChI is InChI=1S/C22H20N2O4Se/c1-25-16-7-5-14(6-8-16)18-13-29-22(24-18)17(9-10-23)15-11-19(26-2)21(28-4)20(12-15)27-3/h5-9,11-13H,1-4H3. The summed E-state index contributed by atoms with van der Waals surface area (Å²) < 4.78 is 22.4. The molecule has 0 aliphatic carbocycles. The molecule has 0 aliphatic rings. The van der Waals surface area contributed by atoms with Gasteiger partial charge in [0.25, 0.3) is 0 Å².